The normalized spacial score (nSPS) is 10.2. The number of benzene rings is 2. The molecule has 0 saturated carbocycles. The zero-order valence-electron chi connectivity index (χ0n) is 12.4. The molecule has 1 amide bonds. The Morgan fingerprint density at radius 3 is 2.30 bits per heavy atom. The molecule has 0 saturated heterocycles. The number of hydrogen-bond acceptors (Lipinski definition) is 2. The lowest BCUT2D eigenvalue weighted by atomic mass is 10.1. The summed E-state index contributed by atoms with van der Waals surface area (Å²) in [7, 11) is 3.99. The van der Waals surface area contributed by atoms with Gasteiger partial charge < -0.3 is 10.2 Å². The van der Waals surface area contributed by atoms with Gasteiger partial charge in [0.15, 0.2) is 0 Å². The van der Waals surface area contributed by atoms with Crippen LogP contribution < -0.4 is 10.2 Å². The lowest BCUT2D eigenvalue weighted by Crippen LogP contribution is -2.14. The van der Waals surface area contributed by atoms with E-state index in [9.17, 15) is 4.79 Å². The van der Waals surface area contributed by atoms with Crippen LogP contribution in [0.15, 0.2) is 42.5 Å². The molecule has 0 bridgehead atoms. The van der Waals surface area contributed by atoms with Crippen LogP contribution in [0.4, 0.5) is 11.4 Å². The van der Waals surface area contributed by atoms with Crippen molar-refractivity contribution in [1.82, 2.24) is 0 Å². The summed E-state index contributed by atoms with van der Waals surface area (Å²) in [4.78, 5) is 14.3. The molecule has 0 atom stereocenters. The third kappa shape index (κ3) is 2.99. The first-order valence-corrected chi connectivity index (χ1v) is 6.64. The average Bonchev–Trinajstić information content (AvgIpc) is 2.40. The molecular formula is C17H20N2O. The Balaban J connectivity index is 2.22. The number of para-hydroxylation sites is 1. The topological polar surface area (TPSA) is 32.3 Å². The molecule has 0 aliphatic rings. The first-order valence-electron chi connectivity index (χ1n) is 6.64. The van der Waals surface area contributed by atoms with E-state index in [1.165, 1.54) is 0 Å². The maximum Gasteiger partial charge on any atom is 0.255 e. The highest BCUT2D eigenvalue weighted by atomic mass is 16.1. The Morgan fingerprint density at radius 2 is 1.70 bits per heavy atom. The van der Waals surface area contributed by atoms with E-state index < -0.39 is 0 Å². The fourth-order valence-electron chi connectivity index (χ4n) is 2.21. The molecule has 0 aliphatic heterocycles. The number of carbonyl (C=O) groups excluding carboxylic acids is 1. The number of amides is 1. The zero-order valence-corrected chi connectivity index (χ0v) is 12.4. The molecule has 0 unspecified atom stereocenters. The van der Waals surface area contributed by atoms with E-state index in [1.807, 2.05) is 75.3 Å². The second kappa shape index (κ2) is 5.78. The predicted octanol–water partition coefficient (Wildman–Crippen LogP) is 3.62. The average molecular weight is 268 g/mol. The quantitative estimate of drug-likeness (QED) is 0.922. The van der Waals surface area contributed by atoms with Crippen LogP contribution in [0.2, 0.25) is 0 Å². The van der Waals surface area contributed by atoms with Crippen molar-refractivity contribution in [3.63, 3.8) is 0 Å². The van der Waals surface area contributed by atoms with Crippen LogP contribution in [0.1, 0.15) is 21.5 Å². The standard InChI is InChI=1S/C17H20N2O/c1-12-7-5-6-8-15(12)18-17(20)14-9-10-16(19(3)4)13(2)11-14/h5-11H,1-4H3,(H,18,20). The van der Waals surface area contributed by atoms with Crippen molar-refractivity contribution in [3.05, 3.63) is 59.2 Å². The molecular weight excluding hydrogens is 248 g/mol. The van der Waals surface area contributed by atoms with Gasteiger partial charge in [0.2, 0.25) is 0 Å². The third-order valence-electron chi connectivity index (χ3n) is 3.33. The van der Waals surface area contributed by atoms with Gasteiger partial charge in [-0.15, -0.1) is 0 Å². The fourth-order valence-corrected chi connectivity index (χ4v) is 2.21. The van der Waals surface area contributed by atoms with Crippen molar-refractivity contribution in [2.24, 2.45) is 0 Å². The summed E-state index contributed by atoms with van der Waals surface area (Å²) in [5.74, 6) is -0.0762. The van der Waals surface area contributed by atoms with Crippen molar-refractivity contribution < 1.29 is 4.79 Å². The summed E-state index contributed by atoms with van der Waals surface area (Å²) in [6, 6.07) is 13.5. The zero-order chi connectivity index (χ0) is 14.7. The molecule has 0 spiro atoms. The molecule has 20 heavy (non-hydrogen) atoms. The molecule has 104 valence electrons. The van der Waals surface area contributed by atoms with Crippen LogP contribution in [-0.2, 0) is 0 Å². The number of aryl methyl sites for hydroxylation is 2. The van der Waals surface area contributed by atoms with Gasteiger partial charge in [0.05, 0.1) is 0 Å². The number of carbonyl (C=O) groups is 1. The lowest BCUT2D eigenvalue weighted by molar-refractivity contribution is 0.102. The molecule has 0 fully saturated rings. The third-order valence-corrected chi connectivity index (χ3v) is 3.33. The van der Waals surface area contributed by atoms with Crippen LogP contribution in [0.5, 0.6) is 0 Å². The second-order valence-electron chi connectivity index (χ2n) is 5.16. The summed E-state index contributed by atoms with van der Waals surface area (Å²) in [5, 5.41) is 2.95. The maximum absolute atomic E-state index is 12.3. The number of nitrogens with one attached hydrogen (secondary N) is 1. The van der Waals surface area contributed by atoms with Crippen LogP contribution in [-0.4, -0.2) is 20.0 Å². The molecule has 0 radical (unpaired) electrons. The van der Waals surface area contributed by atoms with Gasteiger partial charge in [-0.05, 0) is 49.2 Å². The van der Waals surface area contributed by atoms with Gasteiger partial charge >= 0.3 is 0 Å². The van der Waals surface area contributed by atoms with Gasteiger partial charge in [-0.25, -0.2) is 0 Å². The van der Waals surface area contributed by atoms with E-state index in [0.717, 1.165) is 22.5 Å². The smallest absolute Gasteiger partial charge is 0.255 e. The Bertz CT molecular complexity index is 633. The minimum absolute atomic E-state index is 0.0762. The number of nitrogens with zero attached hydrogens (tertiary/aromatic N) is 1. The second-order valence-corrected chi connectivity index (χ2v) is 5.16. The number of rotatable bonds is 3. The minimum Gasteiger partial charge on any atom is -0.377 e. The van der Waals surface area contributed by atoms with E-state index in [4.69, 9.17) is 0 Å². The summed E-state index contributed by atoms with van der Waals surface area (Å²) in [6.07, 6.45) is 0. The van der Waals surface area contributed by atoms with Gasteiger partial charge in [-0.2, -0.15) is 0 Å². The van der Waals surface area contributed by atoms with Crippen molar-refractivity contribution in [2.75, 3.05) is 24.3 Å². The van der Waals surface area contributed by atoms with E-state index in [2.05, 4.69) is 5.32 Å². The van der Waals surface area contributed by atoms with Crippen molar-refractivity contribution in [1.29, 1.82) is 0 Å². The van der Waals surface area contributed by atoms with Crippen molar-refractivity contribution in [3.8, 4) is 0 Å². The van der Waals surface area contributed by atoms with Crippen LogP contribution >= 0.6 is 0 Å². The maximum atomic E-state index is 12.3. The summed E-state index contributed by atoms with van der Waals surface area (Å²) in [6.45, 7) is 4.00. The van der Waals surface area contributed by atoms with E-state index in [1.54, 1.807) is 0 Å². The van der Waals surface area contributed by atoms with Gasteiger partial charge in [-0.3, -0.25) is 4.79 Å². The lowest BCUT2D eigenvalue weighted by Gasteiger charge is -2.16. The molecule has 3 nitrogen and oxygen atoms in total. The van der Waals surface area contributed by atoms with Crippen LogP contribution in [0.3, 0.4) is 0 Å². The summed E-state index contributed by atoms with van der Waals surface area (Å²) >= 11 is 0. The first-order chi connectivity index (χ1) is 9.49. The van der Waals surface area contributed by atoms with Crippen molar-refractivity contribution in [2.45, 2.75) is 13.8 Å². The number of anilines is 2. The van der Waals surface area contributed by atoms with E-state index in [0.29, 0.717) is 5.56 Å². The monoisotopic (exact) mass is 268 g/mol. The highest BCUT2D eigenvalue weighted by Gasteiger charge is 2.09. The fraction of sp³-hybridized carbons (Fsp3) is 0.235. The largest absolute Gasteiger partial charge is 0.377 e. The molecule has 0 aliphatic carbocycles. The van der Waals surface area contributed by atoms with Gasteiger partial charge in [0.1, 0.15) is 0 Å². The van der Waals surface area contributed by atoms with Gasteiger partial charge in [-0.1, -0.05) is 18.2 Å². The van der Waals surface area contributed by atoms with E-state index in [-0.39, 0.29) is 5.91 Å². The molecule has 1 N–H and O–H groups in total. The Hall–Kier alpha value is -2.29. The minimum atomic E-state index is -0.0762. The molecule has 0 heterocycles. The Labute approximate surface area is 120 Å². The van der Waals surface area contributed by atoms with Gasteiger partial charge in [0.25, 0.3) is 5.91 Å². The van der Waals surface area contributed by atoms with Crippen LogP contribution in [0.25, 0.3) is 0 Å². The molecule has 2 aromatic carbocycles. The molecule has 2 rings (SSSR count). The molecule has 3 heteroatoms. The summed E-state index contributed by atoms with van der Waals surface area (Å²) in [5.41, 5.74) is 4.80. The van der Waals surface area contributed by atoms with Crippen molar-refractivity contribution >= 4 is 17.3 Å². The van der Waals surface area contributed by atoms with E-state index >= 15 is 0 Å². The van der Waals surface area contributed by atoms with Crippen LogP contribution in [0, 0.1) is 13.8 Å². The predicted molar refractivity (Wildman–Crippen MR) is 84.6 cm³/mol. The highest BCUT2D eigenvalue weighted by molar-refractivity contribution is 6.05. The SMILES string of the molecule is Cc1ccccc1NC(=O)c1ccc(N(C)C)c(C)c1. The van der Waals surface area contributed by atoms with Gasteiger partial charge in [0, 0.05) is 31.0 Å². The summed E-state index contributed by atoms with van der Waals surface area (Å²) < 4.78 is 0. The Kier molecular flexibility index (Phi) is 4.08. The molecule has 0 aromatic heterocycles. The molecule has 2 aromatic rings. The highest BCUT2D eigenvalue weighted by Crippen LogP contribution is 2.20. The number of hydrogen-bond donors (Lipinski definition) is 1. The first kappa shape index (κ1) is 14.1. The Morgan fingerprint density at radius 1 is 1.00 bits per heavy atom.